The average Bonchev–Trinajstić information content (AvgIpc) is 3.09. The zero-order valence-corrected chi connectivity index (χ0v) is 20.6. The maximum atomic E-state index is 10.3. The number of hydrogen-bond acceptors (Lipinski definition) is 3. The molecule has 3 saturated carbocycles. The van der Waals surface area contributed by atoms with Gasteiger partial charge in [0.15, 0.2) is 0 Å². The first-order valence-corrected chi connectivity index (χ1v) is 13.0. The summed E-state index contributed by atoms with van der Waals surface area (Å²) in [6.45, 7) is 16.3. The molecule has 3 fully saturated rings. The van der Waals surface area contributed by atoms with Gasteiger partial charge in [0, 0.05) is 0 Å². The third kappa shape index (κ3) is 3.87. The van der Waals surface area contributed by atoms with E-state index >= 15 is 0 Å². The minimum atomic E-state index is -0.235. The molecule has 9 atom stereocenters. The van der Waals surface area contributed by atoms with E-state index in [-0.39, 0.29) is 17.6 Å². The van der Waals surface area contributed by atoms with E-state index in [9.17, 15) is 10.4 Å². The molecule has 0 aromatic carbocycles. The van der Waals surface area contributed by atoms with Crippen LogP contribution >= 0.6 is 0 Å². The van der Waals surface area contributed by atoms with Crippen molar-refractivity contribution in [3.63, 3.8) is 0 Å². The number of allylic oxidation sites excluding steroid dienone is 1. The maximum Gasteiger partial charge on any atom is 0.114 e. The predicted molar refractivity (Wildman–Crippen MR) is 126 cm³/mol. The van der Waals surface area contributed by atoms with Crippen molar-refractivity contribution < 1.29 is 15.3 Å². The molecule has 2 N–H and O–H groups in total. The number of rotatable bonds is 6. The molecular formula is C28H46O3. The lowest BCUT2D eigenvalue weighted by Crippen LogP contribution is -2.55. The maximum absolute atomic E-state index is 10.3. The molecule has 0 aromatic heterocycles. The highest BCUT2D eigenvalue weighted by molar-refractivity contribution is 5.28. The van der Waals surface area contributed by atoms with Crippen molar-refractivity contribution in [2.24, 2.45) is 46.3 Å². The lowest BCUT2D eigenvalue weighted by molar-refractivity contribution is -0.296. The van der Waals surface area contributed by atoms with Gasteiger partial charge in [0.05, 0.1) is 6.10 Å². The van der Waals surface area contributed by atoms with Crippen molar-refractivity contribution in [1.82, 2.24) is 0 Å². The van der Waals surface area contributed by atoms with Crippen LogP contribution in [-0.4, -0.2) is 22.6 Å². The van der Waals surface area contributed by atoms with E-state index in [1.165, 1.54) is 43.3 Å². The molecule has 3 heteroatoms. The minimum Gasteiger partial charge on any atom is -0.393 e. The van der Waals surface area contributed by atoms with Gasteiger partial charge in [0.1, 0.15) is 6.10 Å². The summed E-state index contributed by atoms with van der Waals surface area (Å²) in [6.07, 6.45) is 12.0. The van der Waals surface area contributed by atoms with Crippen molar-refractivity contribution in [2.75, 3.05) is 0 Å². The van der Waals surface area contributed by atoms with Crippen LogP contribution in [0.2, 0.25) is 0 Å². The van der Waals surface area contributed by atoms with Gasteiger partial charge < -0.3 is 5.11 Å². The van der Waals surface area contributed by atoms with Crippen LogP contribution in [0.3, 0.4) is 0 Å². The summed E-state index contributed by atoms with van der Waals surface area (Å²) in [5, 5.41) is 20.2. The van der Waals surface area contributed by atoms with Gasteiger partial charge in [0.2, 0.25) is 0 Å². The Morgan fingerprint density at radius 3 is 2.55 bits per heavy atom. The van der Waals surface area contributed by atoms with Gasteiger partial charge in [-0.2, -0.15) is 0 Å². The first-order chi connectivity index (χ1) is 14.6. The Bertz CT molecular complexity index is 711. The van der Waals surface area contributed by atoms with Gasteiger partial charge in [-0.05, 0) is 104 Å². The Hall–Kier alpha value is -0.640. The molecular weight excluding hydrogens is 384 g/mol. The Kier molecular flexibility index (Phi) is 6.53. The molecule has 0 amide bonds. The first kappa shape index (κ1) is 23.5. The van der Waals surface area contributed by atoms with E-state index in [2.05, 4.69) is 47.3 Å². The Labute approximate surface area is 190 Å². The molecule has 3 unspecified atom stereocenters. The lowest BCUT2D eigenvalue weighted by Gasteiger charge is -2.59. The average molecular weight is 431 g/mol. The second-order valence-corrected chi connectivity index (χ2v) is 12.4. The molecule has 4 rings (SSSR count). The Morgan fingerprint density at radius 1 is 1.13 bits per heavy atom. The van der Waals surface area contributed by atoms with Crippen molar-refractivity contribution in [3.8, 4) is 0 Å². The third-order valence-electron chi connectivity index (χ3n) is 10.7. The fourth-order valence-electron chi connectivity index (χ4n) is 8.58. The van der Waals surface area contributed by atoms with Crippen molar-refractivity contribution in [3.05, 3.63) is 23.8 Å². The highest BCUT2D eigenvalue weighted by Crippen LogP contribution is 2.67. The van der Waals surface area contributed by atoms with Crippen LogP contribution < -0.4 is 0 Å². The number of hydrogen-bond donors (Lipinski definition) is 2. The zero-order valence-electron chi connectivity index (χ0n) is 20.6. The van der Waals surface area contributed by atoms with Crippen LogP contribution in [0.1, 0.15) is 92.4 Å². The molecule has 176 valence electrons. The van der Waals surface area contributed by atoms with E-state index in [0.29, 0.717) is 35.0 Å². The van der Waals surface area contributed by atoms with Gasteiger partial charge >= 0.3 is 0 Å². The molecule has 0 radical (unpaired) electrons. The smallest absolute Gasteiger partial charge is 0.114 e. The quantitative estimate of drug-likeness (QED) is 0.270. The molecule has 0 aliphatic heterocycles. The molecule has 0 spiro atoms. The Balaban J connectivity index is 1.56. The highest BCUT2D eigenvalue weighted by Gasteiger charge is 2.61. The van der Waals surface area contributed by atoms with Crippen LogP contribution in [-0.2, 0) is 4.89 Å². The second-order valence-electron chi connectivity index (χ2n) is 12.4. The predicted octanol–water partition coefficient (Wildman–Crippen LogP) is 7.02. The normalized spacial score (nSPS) is 45.5. The molecule has 0 saturated heterocycles. The summed E-state index contributed by atoms with van der Waals surface area (Å²) in [7, 11) is 0. The van der Waals surface area contributed by atoms with Crippen LogP contribution in [0.25, 0.3) is 0 Å². The monoisotopic (exact) mass is 430 g/mol. The first-order valence-electron chi connectivity index (χ1n) is 13.0. The van der Waals surface area contributed by atoms with Gasteiger partial charge in [-0.1, -0.05) is 58.4 Å². The standard InChI is InChI=1S/C28H46O3/c1-17(2)18(3)7-8-19(4)22-9-10-23-26-24(12-14-28(22,23)6)27(5)13-11-21(29)15-20(27)16-25(26)31-30/h16-17,19,21-26,29-30H,3,7-15H2,1-2,4-6H3/t19-,21+,22-,23?,24?,25+,26?,27+,28-/m1/s1. The largest absolute Gasteiger partial charge is 0.393 e. The fraction of sp³-hybridized carbons (Fsp3) is 0.857. The van der Waals surface area contributed by atoms with E-state index in [0.717, 1.165) is 31.6 Å². The number of aliphatic hydroxyl groups excluding tert-OH is 1. The van der Waals surface area contributed by atoms with Crippen molar-refractivity contribution in [1.29, 1.82) is 0 Å². The summed E-state index contributed by atoms with van der Waals surface area (Å²) < 4.78 is 0. The van der Waals surface area contributed by atoms with Crippen LogP contribution in [0.5, 0.6) is 0 Å². The highest BCUT2D eigenvalue weighted by atomic mass is 17.1. The summed E-state index contributed by atoms with van der Waals surface area (Å²) in [4.78, 5) is 5.17. The Morgan fingerprint density at radius 2 is 1.87 bits per heavy atom. The van der Waals surface area contributed by atoms with Gasteiger partial charge in [-0.15, -0.1) is 0 Å². The lowest BCUT2D eigenvalue weighted by atomic mass is 9.46. The molecule has 31 heavy (non-hydrogen) atoms. The third-order valence-corrected chi connectivity index (χ3v) is 10.7. The van der Waals surface area contributed by atoms with Crippen LogP contribution in [0, 0.1) is 46.3 Å². The molecule has 4 aliphatic carbocycles. The van der Waals surface area contributed by atoms with E-state index < -0.39 is 0 Å². The summed E-state index contributed by atoms with van der Waals surface area (Å²) in [5.74, 6) is 3.62. The van der Waals surface area contributed by atoms with Gasteiger partial charge in [0.25, 0.3) is 0 Å². The number of aliphatic hydroxyl groups is 1. The fourth-order valence-corrected chi connectivity index (χ4v) is 8.58. The van der Waals surface area contributed by atoms with Crippen LogP contribution in [0.4, 0.5) is 0 Å². The van der Waals surface area contributed by atoms with Gasteiger partial charge in [-0.3, -0.25) is 5.26 Å². The topological polar surface area (TPSA) is 49.7 Å². The summed E-state index contributed by atoms with van der Waals surface area (Å²) in [5.41, 5.74) is 3.23. The van der Waals surface area contributed by atoms with Crippen molar-refractivity contribution >= 4 is 0 Å². The van der Waals surface area contributed by atoms with Crippen molar-refractivity contribution in [2.45, 2.75) is 105 Å². The van der Waals surface area contributed by atoms with E-state index in [1.54, 1.807) is 0 Å². The van der Waals surface area contributed by atoms with E-state index in [1.807, 2.05) is 0 Å². The summed E-state index contributed by atoms with van der Waals surface area (Å²) >= 11 is 0. The summed E-state index contributed by atoms with van der Waals surface area (Å²) in [6, 6.07) is 0. The molecule has 0 heterocycles. The SMILES string of the molecule is C=C(CC[C@@H](C)[C@H]1CCC2C3C(CC[C@@]21C)[C@@]1(C)CC[C@H](O)CC1=C[C@@H]3OO)C(C)C. The zero-order chi connectivity index (χ0) is 22.6. The van der Waals surface area contributed by atoms with Crippen LogP contribution in [0.15, 0.2) is 23.8 Å². The van der Waals surface area contributed by atoms with E-state index in [4.69, 9.17) is 4.89 Å². The molecule has 4 aliphatic rings. The molecule has 0 bridgehead atoms. The second kappa shape index (κ2) is 8.61. The number of fused-ring (bicyclic) bond motifs is 5. The minimum absolute atomic E-state index is 0.166. The molecule has 0 aromatic rings. The molecule has 3 nitrogen and oxygen atoms in total. The van der Waals surface area contributed by atoms with Gasteiger partial charge in [-0.25, -0.2) is 4.89 Å².